The normalized spacial score (nSPS) is 18.0. The summed E-state index contributed by atoms with van der Waals surface area (Å²) in [4.78, 5) is 14.7. The Morgan fingerprint density at radius 3 is 2.43 bits per heavy atom. The molecule has 0 spiro atoms. The van der Waals surface area contributed by atoms with Gasteiger partial charge in [0, 0.05) is 16.6 Å². The molecule has 2 nitrogen and oxygen atoms in total. The fourth-order valence-electron chi connectivity index (χ4n) is 2.90. The highest BCUT2D eigenvalue weighted by Gasteiger charge is 2.30. The number of benzene rings is 2. The van der Waals surface area contributed by atoms with E-state index in [1.54, 1.807) is 0 Å². The van der Waals surface area contributed by atoms with E-state index in [1.807, 2.05) is 29.2 Å². The van der Waals surface area contributed by atoms with Gasteiger partial charge in [-0.15, -0.1) is 0 Å². The van der Waals surface area contributed by atoms with Crippen LogP contribution in [0.3, 0.4) is 0 Å². The van der Waals surface area contributed by atoms with Gasteiger partial charge in [0.25, 0.3) is 5.91 Å². The van der Waals surface area contributed by atoms with E-state index in [0.29, 0.717) is 0 Å². The summed E-state index contributed by atoms with van der Waals surface area (Å²) in [5.74, 6) is 0.130. The molecule has 0 radical (unpaired) electrons. The minimum absolute atomic E-state index is 0.130. The third-order valence-corrected chi connectivity index (χ3v) is 4.60. The van der Waals surface area contributed by atoms with Crippen molar-refractivity contribution in [3.8, 4) is 0 Å². The van der Waals surface area contributed by atoms with Crippen molar-refractivity contribution in [2.24, 2.45) is 0 Å². The van der Waals surface area contributed by atoms with Crippen LogP contribution in [0.1, 0.15) is 40.4 Å². The molecule has 0 N–H and O–H groups in total. The van der Waals surface area contributed by atoms with Crippen LogP contribution in [-0.4, -0.2) is 17.4 Å². The molecule has 0 unspecified atom stereocenters. The molecule has 1 heterocycles. The minimum atomic E-state index is 0.130. The SMILES string of the molecule is Cc1ccc([C@@H]2CCCN2C(=O)c2ccc(Br)cc2)cc1. The maximum absolute atomic E-state index is 12.7. The van der Waals surface area contributed by atoms with Gasteiger partial charge in [0.1, 0.15) is 0 Å². The van der Waals surface area contributed by atoms with E-state index in [9.17, 15) is 4.79 Å². The first-order chi connectivity index (χ1) is 10.1. The van der Waals surface area contributed by atoms with E-state index in [-0.39, 0.29) is 11.9 Å². The molecule has 0 bridgehead atoms. The molecule has 21 heavy (non-hydrogen) atoms. The summed E-state index contributed by atoms with van der Waals surface area (Å²) < 4.78 is 0.996. The average molecular weight is 344 g/mol. The monoisotopic (exact) mass is 343 g/mol. The van der Waals surface area contributed by atoms with Crippen molar-refractivity contribution in [3.63, 3.8) is 0 Å². The van der Waals surface area contributed by atoms with Gasteiger partial charge in [-0.05, 0) is 49.6 Å². The largest absolute Gasteiger partial charge is 0.332 e. The number of nitrogens with zero attached hydrogens (tertiary/aromatic N) is 1. The Morgan fingerprint density at radius 2 is 1.76 bits per heavy atom. The fourth-order valence-corrected chi connectivity index (χ4v) is 3.17. The van der Waals surface area contributed by atoms with Gasteiger partial charge in [-0.25, -0.2) is 0 Å². The van der Waals surface area contributed by atoms with Gasteiger partial charge in [-0.2, -0.15) is 0 Å². The highest BCUT2D eigenvalue weighted by molar-refractivity contribution is 9.10. The Balaban J connectivity index is 1.85. The van der Waals surface area contributed by atoms with Crippen LogP contribution in [0.15, 0.2) is 53.0 Å². The summed E-state index contributed by atoms with van der Waals surface area (Å²) in [6, 6.07) is 16.4. The van der Waals surface area contributed by atoms with Crippen molar-refractivity contribution in [1.82, 2.24) is 4.90 Å². The van der Waals surface area contributed by atoms with Gasteiger partial charge in [0.05, 0.1) is 6.04 Å². The lowest BCUT2D eigenvalue weighted by Crippen LogP contribution is -2.30. The van der Waals surface area contributed by atoms with E-state index in [1.165, 1.54) is 11.1 Å². The number of amides is 1. The predicted molar refractivity (Wildman–Crippen MR) is 88.3 cm³/mol. The number of hydrogen-bond donors (Lipinski definition) is 0. The maximum atomic E-state index is 12.7. The van der Waals surface area contributed by atoms with E-state index in [4.69, 9.17) is 0 Å². The lowest BCUT2D eigenvalue weighted by Gasteiger charge is -2.25. The zero-order valence-electron chi connectivity index (χ0n) is 12.1. The molecule has 0 aliphatic carbocycles. The van der Waals surface area contributed by atoms with Crippen molar-refractivity contribution >= 4 is 21.8 Å². The smallest absolute Gasteiger partial charge is 0.254 e. The van der Waals surface area contributed by atoms with Crippen molar-refractivity contribution in [3.05, 3.63) is 69.7 Å². The molecule has 1 saturated heterocycles. The lowest BCUT2D eigenvalue weighted by atomic mass is 10.0. The Bertz CT molecular complexity index is 633. The lowest BCUT2D eigenvalue weighted by molar-refractivity contribution is 0.0735. The second-order valence-corrected chi connectivity index (χ2v) is 6.49. The second kappa shape index (κ2) is 6.02. The predicted octanol–water partition coefficient (Wildman–Crippen LogP) is 4.73. The third kappa shape index (κ3) is 3.03. The van der Waals surface area contributed by atoms with E-state index in [2.05, 4.69) is 47.1 Å². The highest BCUT2D eigenvalue weighted by atomic mass is 79.9. The summed E-state index contributed by atoms with van der Waals surface area (Å²) in [5.41, 5.74) is 3.25. The molecule has 1 aliphatic rings. The van der Waals surface area contributed by atoms with Crippen LogP contribution in [0.2, 0.25) is 0 Å². The van der Waals surface area contributed by atoms with Gasteiger partial charge in [-0.3, -0.25) is 4.79 Å². The molecule has 1 fully saturated rings. The molecule has 1 atom stereocenters. The number of halogens is 1. The Hall–Kier alpha value is -1.61. The molecule has 1 amide bonds. The van der Waals surface area contributed by atoms with Crippen molar-refractivity contribution < 1.29 is 4.79 Å². The molecule has 3 rings (SSSR count). The quantitative estimate of drug-likeness (QED) is 0.771. The topological polar surface area (TPSA) is 20.3 Å². The van der Waals surface area contributed by atoms with Crippen molar-refractivity contribution in [2.45, 2.75) is 25.8 Å². The van der Waals surface area contributed by atoms with E-state index in [0.717, 1.165) is 29.4 Å². The first-order valence-corrected chi connectivity index (χ1v) is 8.07. The zero-order valence-corrected chi connectivity index (χ0v) is 13.6. The summed E-state index contributed by atoms with van der Waals surface area (Å²) in [6.45, 7) is 2.93. The van der Waals surface area contributed by atoms with E-state index < -0.39 is 0 Å². The van der Waals surface area contributed by atoms with Crippen molar-refractivity contribution in [2.75, 3.05) is 6.54 Å². The summed E-state index contributed by atoms with van der Waals surface area (Å²) in [6.07, 6.45) is 2.12. The number of carbonyl (C=O) groups is 1. The average Bonchev–Trinajstić information content (AvgIpc) is 2.97. The number of likely N-dealkylation sites (tertiary alicyclic amines) is 1. The molecule has 108 valence electrons. The van der Waals surface area contributed by atoms with Crippen LogP contribution in [0.4, 0.5) is 0 Å². The standard InChI is InChI=1S/C18H18BrNO/c1-13-4-6-14(7-5-13)17-3-2-12-20(17)18(21)15-8-10-16(19)11-9-15/h4-11,17H,2-3,12H2,1H3/t17-/m0/s1. The molecule has 2 aromatic carbocycles. The Kier molecular flexibility index (Phi) is 4.11. The third-order valence-electron chi connectivity index (χ3n) is 4.07. The van der Waals surface area contributed by atoms with Crippen LogP contribution in [-0.2, 0) is 0 Å². The van der Waals surface area contributed by atoms with Gasteiger partial charge in [-0.1, -0.05) is 45.8 Å². The summed E-state index contributed by atoms with van der Waals surface area (Å²) in [5, 5.41) is 0. The van der Waals surface area contributed by atoms with Gasteiger partial charge < -0.3 is 4.90 Å². The molecule has 2 aromatic rings. The minimum Gasteiger partial charge on any atom is -0.332 e. The molecule has 0 saturated carbocycles. The molecule has 1 aliphatic heterocycles. The van der Waals surface area contributed by atoms with E-state index >= 15 is 0 Å². The first kappa shape index (κ1) is 14.3. The number of rotatable bonds is 2. The van der Waals surface area contributed by atoms with Crippen LogP contribution >= 0.6 is 15.9 Å². The number of hydrogen-bond acceptors (Lipinski definition) is 1. The molecular weight excluding hydrogens is 326 g/mol. The molecule has 3 heteroatoms. The highest BCUT2D eigenvalue weighted by Crippen LogP contribution is 2.33. The maximum Gasteiger partial charge on any atom is 0.254 e. The summed E-state index contributed by atoms with van der Waals surface area (Å²) >= 11 is 3.41. The Morgan fingerprint density at radius 1 is 1.10 bits per heavy atom. The van der Waals surface area contributed by atoms with Crippen LogP contribution in [0.5, 0.6) is 0 Å². The molecular formula is C18H18BrNO. The second-order valence-electron chi connectivity index (χ2n) is 5.57. The zero-order chi connectivity index (χ0) is 14.8. The van der Waals surface area contributed by atoms with Gasteiger partial charge in [0.2, 0.25) is 0 Å². The first-order valence-electron chi connectivity index (χ1n) is 7.28. The van der Waals surface area contributed by atoms with Crippen LogP contribution < -0.4 is 0 Å². The fraction of sp³-hybridized carbons (Fsp3) is 0.278. The number of aryl methyl sites for hydroxylation is 1. The van der Waals surface area contributed by atoms with Crippen LogP contribution in [0.25, 0.3) is 0 Å². The van der Waals surface area contributed by atoms with Gasteiger partial charge >= 0.3 is 0 Å². The molecule has 0 aromatic heterocycles. The summed E-state index contributed by atoms with van der Waals surface area (Å²) in [7, 11) is 0. The number of carbonyl (C=O) groups excluding carboxylic acids is 1. The van der Waals surface area contributed by atoms with Gasteiger partial charge in [0.15, 0.2) is 0 Å². The Labute approximate surface area is 133 Å². The van der Waals surface area contributed by atoms with Crippen LogP contribution in [0, 0.1) is 6.92 Å². The van der Waals surface area contributed by atoms with Crippen molar-refractivity contribution in [1.29, 1.82) is 0 Å².